The van der Waals surface area contributed by atoms with Crippen LogP contribution in [0.25, 0.3) is 0 Å². The molecule has 6 nitrogen and oxygen atoms in total. The van der Waals surface area contributed by atoms with Gasteiger partial charge in [-0.05, 0) is 31.5 Å². The van der Waals surface area contributed by atoms with Crippen molar-refractivity contribution >= 4 is 39.2 Å². The van der Waals surface area contributed by atoms with Crippen molar-refractivity contribution in [2.24, 2.45) is 0 Å². The van der Waals surface area contributed by atoms with Crippen LogP contribution in [-0.4, -0.2) is 61.4 Å². The number of sulfonamides is 1. The van der Waals surface area contributed by atoms with E-state index in [1.54, 1.807) is 12.1 Å². The van der Waals surface area contributed by atoms with Crippen LogP contribution in [0.5, 0.6) is 0 Å². The minimum Gasteiger partial charge on any atom is -0.481 e. The van der Waals surface area contributed by atoms with Crippen LogP contribution in [0.4, 0.5) is 0 Å². The third-order valence-corrected chi connectivity index (χ3v) is 6.85. The summed E-state index contributed by atoms with van der Waals surface area (Å²) in [6, 6.07) is 4.58. The van der Waals surface area contributed by atoms with Crippen LogP contribution in [0.15, 0.2) is 23.1 Å². The predicted molar refractivity (Wildman–Crippen MR) is 93.1 cm³/mol. The van der Waals surface area contributed by atoms with Crippen LogP contribution >= 0.6 is 23.2 Å². The SMILES string of the molecule is O=C(O)CCCCN1CCN(S(=O)(=O)c2cccc(Cl)c2Cl)CC1. The van der Waals surface area contributed by atoms with Gasteiger partial charge in [-0.25, -0.2) is 8.42 Å². The van der Waals surface area contributed by atoms with Crippen molar-refractivity contribution in [3.8, 4) is 0 Å². The van der Waals surface area contributed by atoms with E-state index in [4.69, 9.17) is 28.3 Å². The Bertz CT molecular complexity index is 689. The summed E-state index contributed by atoms with van der Waals surface area (Å²) < 4.78 is 26.8. The van der Waals surface area contributed by atoms with Crippen LogP contribution in [0.2, 0.25) is 10.0 Å². The van der Waals surface area contributed by atoms with Crippen molar-refractivity contribution in [3.63, 3.8) is 0 Å². The molecule has 134 valence electrons. The Morgan fingerprint density at radius 1 is 1.12 bits per heavy atom. The average molecular weight is 395 g/mol. The normalized spacial score (nSPS) is 17.1. The van der Waals surface area contributed by atoms with E-state index in [9.17, 15) is 13.2 Å². The second-order valence-corrected chi connectivity index (χ2v) is 8.34. The smallest absolute Gasteiger partial charge is 0.303 e. The van der Waals surface area contributed by atoms with E-state index in [1.807, 2.05) is 0 Å². The predicted octanol–water partition coefficient (Wildman–Crippen LogP) is 2.55. The molecule has 1 fully saturated rings. The first kappa shape index (κ1) is 19.5. The van der Waals surface area contributed by atoms with Crippen molar-refractivity contribution in [2.75, 3.05) is 32.7 Å². The summed E-state index contributed by atoms with van der Waals surface area (Å²) >= 11 is 11.9. The molecule has 1 aliphatic heterocycles. The molecule has 1 N–H and O–H groups in total. The number of halogens is 2. The lowest BCUT2D eigenvalue weighted by Crippen LogP contribution is -2.48. The van der Waals surface area contributed by atoms with Crippen LogP contribution in [0.1, 0.15) is 19.3 Å². The molecule has 2 rings (SSSR count). The van der Waals surface area contributed by atoms with Crippen LogP contribution in [0, 0.1) is 0 Å². The van der Waals surface area contributed by atoms with E-state index in [2.05, 4.69) is 4.90 Å². The van der Waals surface area contributed by atoms with Gasteiger partial charge in [0.2, 0.25) is 10.0 Å². The quantitative estimate of drug-likeness (QED) is 0.718. The fourth-order valence-electron chi connectivity index (χ4n) is 2.63. The molecule has 0 saturated carbocycles. The van der Waals surface area contributed by atoms with Crippen molar-refractivity contribution < 1.29 is 18.3 Å². The third-order valence-electron chi connectivity index (χ3n) is 3.98. The van der Waals surface area contributed by atoms with Gasteiger partial charge < -0.3 is 10.0 Å². The van der Waals surface area contributed by atoms with Crippen LogP contribution in [0.3, 0.4) is 0 Å². The molecule has 1 aromatic carbocycles. The maximum absolute atomic E-state index is 12.7. The summed E-state index contributed by atoms with van der Waals surface area (Å²) in [5, 5.41) is 8.89. The first-order valence-corrected chi connectivity index (χ1v) is 9.90. The summed E-state index contributed by atoms with van der Waals surface area (Å²) in [5.41, 5.74) is 0. The summed E-state index contributed by atoms with van der Waals surface area (Å²) in [5.74, 6) is -0.788. The highest BCUT2D eigenvalue weighted by Gasteiger charge is 2.30. The molecule has 0 atom stereocenters. The Morgan fingerprint density at radius 2 is 1.79 bits per heavy atom. The van der Waals surface area contributed by atoms with E-state index in [-0.39, 0.29) is 21.4 Å². The Labute approximate surface area is 152 Å². The van der Waals surface area contributed by atoms with Gasteiger partial charge in [-0.1, -0.05) is 29.3 Å². The minimum absolute atomic E-state index is 0.0339. The van der Waals surface area contributed by atoms with Gasteiger partial charge in [0.05, 0.1) is 10.0 Å². The Balaban J connectivity index is 1.91. The standard InChI is InChI=1S/C15H20Cl2N2O4S/c16-12-4-3-5-13(15(12)17)24(22,23)19-10-8-18(9-11-19)7-2-1-6-14(20)21/h3-5H,1-2,6-11H2,(H,20,21). The van der Waals surface area contributed by atoms with E-state index in [0.717, 1.165) is 13.0 Å². The first-order chi connectivity index (χ1) is 11.3. The van der Waals surface area contributed by atoms with Gasteiger partial charge in [0.1, 0.15) is 4.90 Å². The number of nitrogens with zero attached hydrogens (tertiary/aromatic N) is 2. The van der Waals surface area contributed by atoms with Gasteiger partial charge >= 0.3 is 5.97 Å². The summed E-state index contributed by atoms with van der Waals surface area (Å²) in [6.07, 6.45) is 1.59. The largest absolute Gasteiger partial charge is 0.481 e. The molecule has 0 spiro atoms. The zero-order valence-corrected chi connectivity index (χ0v) is 15.4. The highest BCUT2D eigenvalue weighted by molar-refractivity contribution is 7.89. The zero-order chi connectivity index (χ0) is 17.7. The maximum Gasteiger partial charge on any atom is 0.303 e. The maximum atomic E-state index is 12.7. The molecule has 1 aliphatic rings. The number of benzene rings is 1. The molecule has 1 heterocycles. The number of rotatable bonds is 7. The molecule has 0 unspecified atom stereocenters. The number of carbonyl (C=O) groups is 1. The first-order valence-electron chi connectivity index (χ1n) is 7.70. The number of hydrogen-bond donors (Lipinski definition) is 1. The van der Waals surface area contributed by atoms with Gasteiger partial charge in [0.25, 0.3) is 0 Å². The second kappa shape index (κ2) is 8.49. The number of carboxylic acid groups (broad SMARTS) is 1. The van der Waals surface area contributed by atoms with Gasteiger partial charge in [-0.2, -0.15) is 4.31 Å². The van der Waals surface area contributed by atoms with E-state index in [0.29, 0.717) is 32.6 Å². The number of hydrogen-bond acceptors (Lipinski definition) is 4. The van der Waals surface area contributed by atoms with Crippen molar-refractivity contribution in [3.05, 3.63) is 28.2 Å². The van der Waals surface area contributed by atoms with Crippen molar-refractivity contribution in [1.29, 1.82) is 0 Å². The molecule has 0 aliphatic carbocycles. The van der Waals surface area contributed by atoms with E-state index < -0.39 is 16.0 Å². The lowest BCUT2D eigenvalue weighted by atomic mass is 10.2. The summed E-state index contributed by atoms with van der Waals surface area (Å²) in [7, 11) is -3.66. The second-order valence-electron chi connectivity index (χ2n) is 5.65. The fraction of sp³-hybridized carbons (Fsp3) is 0.533. The zero-order valence-electron chi connectivity index (χ0n) is 13.1. The molecule has 9 heteroatoms. The number of unbranched alkanes of at least 4 members (excludes halogenated alkanes) is 1. The van der Waals surface area contributed by atoms with E-state index >= 15 is 0 Å². The molecule has 0 bridgehead atoms. The van der Waals surface area contributed by atoms with E-state index in [1.165, 1.54) is 10.4 Å². The average Bonchev–Trinajstić information content (AvgIpc) is 2.54. The topological polar surface area (TPSA) is 77.9 Å². The Kier molecular flexibility index (Phi) is 6.88. The minimum atomic E-state index is -3.66. The van der Waals surface area contributed by atoms with Crippen molar-refractivity contribution in [2.45, 2.75) is 24.2 Å². The van der Waals surface area contributed by atoms with Gasteiger partial charge in [-0.3, -0.25) is 4.79 Å². The van der Waals surface area contributed by atoms with Gasteiger partial charge in [-0.15, -0.1) is 0 Å². The molecule has 1 saturated heterocycles. The van der Waals surface area contributed by atoms with Gasteiger partial charge in [0.15, 0.2) is 0 Å². The highest BCUT2D eigenvalue weighted by Crippen LogP contribution is 2.31. The molecule has 1 aromatic rings. The van der Waals surface area contributed by atoms with Gasteiger partial charge in [0, 0.05) is 32.6 Å². The Hall–Kier alpha value is -0.860. The Morgan fingerprint density at radius 3 is 2.42 bits per heavy atom. The monoisotopic (exact) mass is 394 g/mol. The molecular weight excluding hydrogens is 375 g/mol. The lowest BCUT2D eigenvalue weighted by molar-refractivity contribution is -0.137. The van der Waals surface area contributed by atoms with Crippen LogP contribution in [-0.2, 0) is 14.8 Å². The molecule has 0 aromatic heterocycles. The van der Waals surface area contributed by atoms with Crippen molar-refractivity contribution in [1.82, 2.24) is 9.21 Å². The molecule has 0 amide bonds. The third kappa shape index (κ3) is 4.83. The number of carboxylic acids is 1. The summed E-state index contributed by atoms with van der Waals surface area (Å²) in [4.78, 5) is 12.7. The fourth-order valence-corrected chi connectivity index (χ4v) is 4.79. The molecule has 0 radical (unpaired) electrons. The number of piperazine rings is 1. The summed E-state index contributed by atoms with van der Waals surface area (Å²) in [6.45, 7) is 2.77. The lowest BCUT2D eigenvalue weighted by Gasteiger charge is -2.34. The molecular formula is C15H20Cl2N2O4S. The van der Waals surface area contributed by atoms with Crippen LogP contribution < -0.4 is 0 Å². The number of aliphatic carboxylic acids is 1. The molecule has 24 heavy (non-hydrogen) atoms. The highest BCUT2D eigenvalue weighted by atomic mass is 35.5.